The number of nitrogens with zero attached hydrogens (tertiary/aromatic N) is 1. The standard InChI is InChI=1S/C15H23N3O3S.ClH/c1-12(11-16)15(19)17-13-6-5-7-14(10-13)22(20,21)18-8-3-2-4-9-18;/h5-7,10,12H,2-4,8-9,11,16H2,1H3,(H,17,19);1H. The summed E-state index contributed by atoms with van der Waals surface area (Å²) < 4.78 is 26.7. The average Bonchev–Trinajstić information content (AvgIpc) is 2.55. The Bertz CT molecular complexity index is 631. The maximum Gasteiger partial charge on any atom is 0.243 e. The number of sulfonamides is 1. The van der Waals surface area contributed by atoms with Crippen LogP contribution in [-0.4, -0.2) is 38.3 Å². The van der Waals surface area contributed by atoms with Crippen LogP contribution >= 0.6 is 12.4 Å². The maximum absolute atomic E-state index is 12.6. The molecule has 1 amide bonds. The fourth-order valence-corrected chi connectivity index (χ4v) is 3.92. The number of piperidine rings is 1. The zero-order valence-electron chi connectivity index (χ0n) is 13.2. The molecule has 3 N–H and O–H groups in total. The minimum atomic E-state index is -3.49. The van der Waals surface area contributed by atoms with E-state index in [0.29, 0.717) is 18.8 Å². The molecule has 0 bridgehead atoms. The van der Waals surface area contributed by atoms with Gasteiger partial charge in [0.2, 0.25) is 15.9 Å². The fraction of sp³-hybridized carbons (Fsp3) is 0.533. The SMILES string of the molecule is CC(CN)C(=O)Nc1cccc(S(=O)(=O)N2CCCCC2)c1.Cl. The number of benzene rings is 1. The Morgan fingerprint density at radius 2 is 1.96 bits per heavy atom. The molecule has 1 saturated heterocycles. The van der Waals surface area contributed by atoms with E-state index in [1.165, 1.54) is 10.4 Å². The summed E-state index contributed by atoms with van der Waals surface area (Å²) in [4.78, 5) is 12.1. The average molecular weight is 362 g/mol. The van der Waals surface area contributed by atoms with Crippen LogP contribution in [0, 0.1) is 5.92 Å². The van der Waals surface area contributed by atoms with Crippen LogP contribution in [0.15, 0.2) is 29.2 Å². The fourth-order valence-electron chi connectivity index (χ4n) is 2.36. The zero-order valence-corrected chi connectivity index (χ0v) is 14.8. The van der Waals surface area contributed by atoms with Gasteiger partial charge in [0.05, 0.1) is 4.90 Å². The first kappa shape index (κ1) is 19.9. The van der Waals surface area contributed by atoms with Crippen molar-refractivity contribution in [3.63, 3.8) is 0 Å². The predicted octanol–water partition coefficient (Wildman–Crippen LogP) is 1.82. The lowest BCUT2D eigenvalue weighted by Crippen LogP contribution is -2.35. The van der Waals surface area contributed by atoms with E-state index in [4.69, 9.17) is 5.73 Å². The first-order valence-electron chi connectivity index (χ1n) is 7.56. The van der Waals surface area contributed by atoms with Crippen LogP contribution in [0.4, 0.5) is 5.69 Å². The second-order valence-corrected chi connectivity index (χ2v) is 7.56. The Morgan fingerprint density at radius 3 is 2.57 bits per heavy atom. The minimum Gasteiger partial charge on any atom is -0.330 e. The van der Waals surface area contributed by atoms with Crippen LogP contribution in [0.3, 0.4) is 0 Å². The topological polar surface area (TPSA) is 92.5 Å². The Morgan fingerprint density at radius 1 is 1.30 bits per heavy atom. The zero-order chi connectivity index (χ0) is 16.2. The van der Waals surface area contributed by atoms with Crippen molar-refractivity contribution >= 4 is 34.0 Å². The molecule has 1 aromatic rings. The summed E-state index contributed by atoms with van der Waals surface area (Å²) in [7, 11) is -3.49. The molecule has 0 aliphatic carbocycles. The van der Waals surface area contributed by atoms with E-state index < -0.39 is 10.0 Å². The van der Waals surface area contributed by atoms with Gasteiger partial charge in [0, 0.05) is 31.2 Å². The van der Waals surface area contributed by atoms with E-state index >= 15 is 0 Å². The van der Waals surface area contributed by atoms with Gasteiger partial charge in [0.15, 0.2) is 0 Å². The summed E-state index contributed by atoms with van der Waals surface area (Å²) >= 11 is 0. The second kappa shape index (κ2) is 8.63. The summed E-state index contributed by atoms with van der Waals surface area (Å²) in [5.74, 6) is -0.530. The number of rotatable bonds is 5. The van der Waals surface area contributed by atoms with Crippen LogP contribution in [0.5, 0.6) is 0 Å². The van der Waals surface area contributed by atoms with Gasteiger partial charge in [-0.15, -0.1) is 12.4 Å². The van der Waals surface area contributed by atoms with Gasteiger partial charge in [-0.05, 0) is 31.0 Å². The van der Waals surface area contributed by atoms with Crippen molar-refractivity contribution in [1.29, 1.82) is 0 Å². The van der Waals surface area contributed by atoms with E-state index in [-0.39, 0.29) is 35.7 Å². The molecule has 1 aromatic carbocycles. The number of carbonyl (C=O) groups is 1. The van der Waals surface area contributed by atoms with Gasteiger partial charge in [0.25, 0.3) is 0 Å². The summed E-state index contributed by atoms with van der Waals surface area (Å²) in [6, 6.07) is 6.38. The summed E-state index contributed by atoms with van der Waals surface area (Å²) in [6.07, 6.45) is 2.85. The number of amides is 1. The molecule has 6 nitrogen and oxygen atoms in total. The van der Waals surface area contributed by atoms with E-state index in [2.05, 4.69) is 5.32 Å². The molecule has 0 aromatic heterocycles. The number of nitrogens with one attached hydrogen (secondary N) is 1. The molecule has 0 saturated carbocycles. The molecule has 2 rings (SSSR count). The highest BCUT2D eigenvalue weighted by atomic mass is 35.5. The highest BCUT2D eigenvalue weighted by molar-refractivity contribution is 7.89. The molecule has 1 aliphatic heterocycles. The van der Waals surface area contributed by atoms with Gasteiger partial charge < -0.3 is 11.1 Å². The lowest BCUT2D eigenvalue weighted by Gasteiger charge is -2.26. The molecule has 8 heteroatoms. The number of nitrogens with two attached hydrogens (primary N) is 1. The monoisotopic (exact) mass is 361 g/mol. The number of carbonyl (C=O) groups excluding carboxylic acids is 1. The van der Waals surface area contributed by atoms with Gasteiger partial charge in [-0.2, -0.15) is 4.31 Å². The lowest BCUT2D eigenvalue weighted by atomic mass is 10.1. The van der Waals surface area contributed by atoms with Crippen molar-refractivity contribution in [1.82, 2.24) is 4.31 Å². The second-order valence-electron chi connectivity index (χ2n) is 5.62. The van der Waals surface area contributed by atoms with Gasteiger partial charge in [-0.1, -0.05) is 19.4 Å². The predicted molar refractivity (Wildman–Crippen MR) is 93.1 cm³/mol. The first-order chi connectivity index (χ1) is 10.4. The third-order valence-electron chi connectivity index (χ3n) is 3.86. The van der Waals surface area contributed by atoms with E-state index in [1.807, 2.05) is 0 Å². The number of halogens is 1. The Balaban J connectivity index is 0.00000264. The maximum atomic E-state index is 12.6. The molecular weight excluding hydrogens is 338 g/mol. The van der Waals surface area contributed by atoms with E-state index in [9.17, 15) is 13.2 Å². The van der Waals surface area contributed by atoms with E-state index in [0.717, 1.165) is 19.3 Å². The highest BCUT2D eigenvalue weighted by Crippen LogP contribution is 2.23. The smallest absolute Gasteiger partial charge is 0.243 e. The van der Waals surface area contributed by atoms with Gasteiger partial charge in [-0.25, -0.2) is 8.42 Å². The molecule has 130 valence electrons. The van der Waals surface area contributed by atoms with Crippen LogP contribution in [-0.2, 0) is 14.8 Å². The minimum absolute atomic E-state index is 0. The number of hydrogen-bond donors (Lipinski definition) is 2. The Hall–Kier alpha value is -1.15. The molecule has 1 unspecified atom stereocenters. The summed E-state index contributed by atoms with van der Waals surface area (Å²) in [6.45, 7) is 3.09. The van der Waals surface area contributed by atoms with Crippen molar-refractivity contribution in [2.45, 2.75) is 31.1 Å². The molecule has 1 atom stereocenters. The molecule has 0 spiro atoms. The van der Waals surface area contributed by atoms with Crippen molar-refractivity contribution in [3.05, 3.63) is 24.3 Å². The van der Waals surface area contributed by atoms with Gasteiger partial charge in [0.1, 0.15) is 0 Å². The van der Waals surface area contributed by atoms with Crippen LogP contribution in [0.2, 0.25) is 0 Å². The van der Waals surface area contributed by atoms with Gasteiger partial charge in [-0.3, -0.25) is 4.79 Å². The third kappa shape index (κ3) is 4.91. The molecule has 0 radical (unpaired) electrons. The van der Waals surface area contributed by atoms with Crippen LogP contribution in [0.1, 0.15) is 26.2 Å². The highest BCUT2D eigenvalue weighted by Gasteiger charge is 2.26. The van der Waals surface area contributed by atoms with Crippen molar-refractivity contribution in [2.24, 2.45) is 11.7 Å². The molecule has 1 fully saturated rings. The van der Waals surface area contributed by atoms with E-state index in [1.54, 1.807) is 25.1 Å². The van der Waals surface area contributed by atoms with Gasteiger partial charge >= 0.3 is 0 Å². The van der Waals surface area contributed by atoms with Crippen molar-refractivity contribution in [2.75, 3.05) is 25.0 Å². The first-order valence-corrected chi connectivity index (χ1v) is 9.00. The lowest BCUT2D eigenvalue weighted by molar-refractivity contribution is -0.119. The Labute approximate surface area is 143 Å². The Kier molecular flexibility index (Phi) is 7.47. The number of anilines is 1. The molecule has 1 aliphatic rings. The van der Waals surface area contributed by atoms with Crippen LogP contribution < -0.4 is 11.1 Å². The largest absolute Gasteiger partial charge is 0.330 e. The summed E-state index contributed by atoms with van der Waals surface area (Å²) in [5, 5.41) is 2.71. The number of hydrogen-bond acceptors (Lipinski definition) is 4. The van der Waals surface area contributed by atoms with Crippen molar-refractivity contribution in [3.8, 4) is 0 Å². The quantitative estimate of drug-likeness (QED) is 0.836. The molecule has 1 heterocycles. The normalized spacial score (nSPS) is 17.1. The molecular formula is C15H24ClN3O3S. The van der Waals surface area contributed by atoms with Crippen molar-refractivity contribution < 1.29 is 13.2 Å². The third-order valence-corrected chi connectivity index (χ3v) is 5.75. The molecule has 23 heavy (non-hydrogen) atoms. The summed E-state index contributed by atoms with van der Waals surface area (Å²) in [5.41, 5.74) is 5.94. The van der Waals surface area contributed by atoms with Crippen LogP contribution in [0.25, 0.3) is 0 Å².